The Morgan fingerprint density at radius 3 is 2.80 bits per heavy atom. The van der Waals surface area contributed by atoms with Crippen LogP contribution in [0.1, 0.15) is 78.5 Å². The highest BCUT2D eigenvalue weighted by Gasteiger charge is 2.48. The summed E-state index contributed by atoms with van der Waals surface area (Å²) in [4.78, 5) is 13.3. The number of aryl methyl sites for hydroxylation is 2. The molecule has 4 aromatic rings. The second-order valence-electron chi connectivity index (χ2n) is 11.6. The number of nitriles is 1. The first kappa shape index (κ1) is 26.1. The maximum absolute atomic E-state index is 10.0. The maximum atomic E-state index is 10.0. The van der Waals surface area contributed by atoms with Gasteiger partial charge in [0.1, 0.15) is 17.2 Å². The molecule has 1 fully saturated rings. The number of fused-ring (bicyclic) bond motifs is 4. The summed E-state index contributed by atoms with van der Waals surface area (Å²) in [6.45, 7) is 5.05. The lowest BCUT2D eigenvalue weighted by molar-refractivity contribution is 0.117. The van der Waals surface area contributed by atoms with Crippen LogP contribution < -0.4 is 10.5 Å². The second kappa shape index (κ2) is 9.92. The average molecular weight is 572 g/mol. The number of ether oxygens (including phenoxy) is 1. The van der Waals surface area contributed by atoms with Crippen LogP contribution in [0, 0.1) is 18.3 Å². The number of thiophene rings is 1. The number of hydrogen-bond acceptors (Lipinski definition) is 11. The van der Waals surface area contributed by atoms with E-state index in [1.807, 2.05) is 13.1 Å². The van der Waals surface area contributed by atoms with E-state index >= 15 is 0 Å². The van der Waals surface area contributed by atoms with Crippen LogP contribution in [-0.2, 0) is 18.3 Å². The van der Waals surface area contributed by atoms with Crippen LogP contribution in [0.4, 0.5) is 5.00 Å². The van der Waals surface area contributed by atoms with E-state index in [9.17, 15) is 5.26 Å². The van der Waals surface area contributed by atoms with E-state index in [2.05, 4.69) is 40.4 Å². The molecule has 7 rings (SSSR count). The normalized spacial score (nSPS) is 22.8. The van der Waals surface area contributed by atoms with E-state index in [0.29, 0.717) is 39.8 Å². The fourth-order valence-electron chi connectivity index (χ4n) is 7.17. The van der Waals surface area contributed by atoms with Crippen molar-refractivity contribution in [2.75, 3.05) is 19.3 Å². The molecular formula is C29H33N9O2S. The van der Waals surface area contributed by atoms with Gasteiger partial charge >= 0.3 is 0 Å². The number of likely N-dealkylation sites (N-methyl/N-ethyl adjacent to an activating group) is 1. The summed E-state index contributed by atoms with van der Waals surface area (Å²) < 4.78 is 14.3. The molecule has 0 aromatic carbocycles. The first-order valence-corrected chi connectivity index (χ1v) is 15.2. The van der Waals surface area contributed by atoms with Crippen molar-refractivity contribution in [3.8, 4) is 29.3 Å². The third kappa shape index (κ3) is 4.21. The highest BCUT2D eigenvalue weighted by molar-refractivity contribution is 7.16. The smallest absolute Gasteiger partial charge is 0.219 e. The van der Waals surface area contributed by atoms with E-state index in [4.69, 9.17) is 25.0 Å². The molecule has 41 heavy (non-hydrogen) atoms. The van der Waals surface area contributed by atoms with Crippen LogP contribution in [0.3, 0.4) is 0 Å². The zero-order chi connectivity index (χ0) is 28.3. The number of nitrogens with two attached hydrogens (primary N) is 1. The third-order valence-electron chi connectivity index (χ3n) is 9.03. The van der Waals surface area contributed by atoms with E-state index in [1.54, 1.807) is 10.7 Å². The van der Waals surface area contributed by atoms with Gasteiger partial charge < -0.3 is 15.0 Å². The molecule has 0 saturated carbocycles. The van der Waals surface area contributed by atoms with Gasteiger partial charge in [0.25, 0.3) is 0 Å². The van der Waals surface area contributed by atoms with Crippen LogP contribution >= 0.6 is 11.3 Å². The molecule has 212 valence electrons. The number of nitrogens with zero attached hydrogens (tertiary/aromatic N) is 8. The monoisotopic (exact) mass is 571 g/mol. The number of likely N-dealkylation sites (tertiary alicyclic amines) is 1. The predicted octanol–water partition coefficient (Wildman–Crippen LogP) is 4.36. The number of aromatic nitrogens is 6. The zero-order valence-electron chi connectivity index (χ0n) is 23.6. The standard InChI is InChI=1S/C29H33N9O2S/c1-16-15-38(36-34-16)22-13-23(39-17(2)20-8-6-12-37(20)3)33-28(32-22)25-18-7-4-10-29(26(18)40-35-25)11-5-9-21-24(29)19(14-30)27(31)41-21/h13,15,17,20H,4-12,31H2,1-3H3/t17-,20-,29-/m0/s1. The molecular weight excluding hydrogens is 538 g/mol. The summed E-state index contributed by atoms with van der Waals surface area (Å²) in [6.07, 6.45) is 9.48. The number of anilines is 1. The lowest BCUT2D eigenvalue weighted by Crippen LogP contribution is -2.38. The highest BCUT2D eigenvalue weighted by atomic mass is 32.1. The Hall–Kier alpha value is -3.82. The van der Waals surface area contributed by atoms with Crippen LogP contribution in [0.25, 0.3) is 17.3 Å². The molecule has 4 aromatic heterocycles. The Morgan fingerprint density at radius 1 is 1.24 bits per heavy atom. The van der Waals surface area contributed by atoms with Crippen molar-refractivity contribution in [1.29, 1.82) is 5.26 Å². The van der Waals surface area contributed by atoms with Crippen molar-refractivity contribution in [3.05, 3.63) is 45.3 Å². The minimum atomic E-state index is -0.410. The van der Waals surface area contributed by atoms with E-state index < -0.39 is 5.41 Å². The summed E-state index contributed by atoms with van der Waals surface area (Å²) in [6, 6.07) is 4.51. The molecule has 1 aliphatic heterocycles. The minimum Gasteiger partial charge on any atom is -0.473 e. The molecule has 0 radical (unpaired) electrons. The van der Waals surface area contributed by atoms with Crippen molar-refractivity contribution < 1.29 is 9.26 Å². The molecule has 5 heterocycles. The Kier molecular flexibility index (Phi) is 6.32. The Bertz CT molecular complexity index is 1660. The van der Waals surface area contributed by atoms with Gasteiger partial charge in [0.2, 0.25) is 5.88 Å². The largest absolute Gasteiger partial charge is 0.473 e. The van der Waals surface area contributed by atoms with E-state index in [-0.39, 0.29) is 6.10 Å². The van der Waals surface area contributed by atoms with Crippen LogP contribution in [0.2, 0.25) is 0 Å². The fourth-order valence-corrected chi connectivity index (χ4v) is 8.33. The van der Waals surface area contributed by atoms with E-state index in [1.165, 1.54) is 16.2 Å². The third-order valence-corrected chi connectivity index (χ3v) is 10.1. The van der Waals surface area contributed by atoms with E-state index in [0.717, 1.165) is 80.5 Å². The molecule has 1 saturated heterocycles. The van der Waals surface area contributed by atoms with Gasteiger partial charge in [-0.2, -0.15) is 10.2 Å². The zero-order valence-corrected chi connectivity index (χ0v) is 24.4. The van der Waals surface area contributed by atoms with Crippen LogP contribution in [0.15, 0.2) is 16.8 Å². The molecule has 11 nitrogen and oxygen atoms in total. The van der Waals surface area contributed by atoms with Gasteiger partial charge in [-0.3, -0.25) is 4.90 Å². The molecule has 3 aliphatic rings. The Morgan fingerprint density at radius 2 is 2.07 bits per heavy atom. The van der Waals surface area contributed by atoms with Gasteiger partial charge in [-0.15, -0.1) is 16.4 Å². The first-order chi connectivity index (χ1) is 19.9. The van der Waals surface area contributed by atoms with Crippen molar-refractivity contribution in [3.63, 3.8) is 0 Å². The number of nitrogen functional groups attached to an aromatic ring is 1. The lowest BCUT2D eigenvalue weighted by Gasteiger charge is -2.39. The van der Waals surface area contributed by atoms with Gasteiger partial charge in [0.05, 0.1) is 22.9 Å². The van der Waals surface area contributed by atoms with Crippen molar-refractivity contribution >= 4 is 16.3 Å². The van der Waals surface area contributed by atoms with Crippen molar-refractivity contribution in [2.24, 2.45) is 0 Å². The predicted molar refractivity (Wildman–Crippen MR) is 153 cm³/mol. The molecule has 1 spiro atoms. The van der Waals surface area contributed by atoms with Gasteiger partial charge in [0, 0.05) is 22.5 Å². The molecule has 0 bridgehead atoms. The first-order valence-electron chi connectivity index (χ1n) is 14.3. The Labute approximate surface area is 242 Å². The summed E-state index contributed by atoms with van der Waals surface area (Å²) in [5.41, 5.74) is 9.95. The minimum absolute atomic E-state index is 0.0563. The van der Waals surface area contributed by atoms with Crippen LogP contribution in [-0.4, -0.2) is 60.8 Å². The summed E-state index contributed by atoms with van der Waals surface area (Å²) in [7, 11) is 2.14. The Balaban J connectivity index is 1.33. The molecule has 3 atom stereocenters. The SMILES string of the molecule is Cc1cn(-c2cc(O[C@@H](C)[C@@H]3CCCN3C)nc(-c3noc4c3CCC[C@@]43CCCc4sc(N)c(C#N)c43)n2)nn1. The summed E-state index contributed by atoms with van der Waals surface area (Å²) in [5, 5.41) is 23.6. The van der Waals surface area contributed by atoms with Gasteiger partial charge in [-0.05, 0) is 84.4 Å². The van der Waals surface area contributed by atoms with Crippen LogP contribution in [0.5, 0.6) is 5.88 Å². The number of hydrogen-bond donors (Lipinski definition) is 1. The fraction of sp³-hybridized carbons (Fsp3) is 0.517. The quantitative estimate of drug-likeness (QED) is 0.367. The molecule has 12 heteroatoms. The van der Waals surface area contributed by atoms with Gasteiger partial charge in [0.15, 0.2) is 23.1 Å². The maximum Gasteiger partial charge on any atom is 0.219 e. The summed E-state index contributed by atoms with van der Waals surface area (Å²) in [5.74, 6) is 2.27. The summed E-state index contributed by atoms with van der Waals surface area (Å²) >= 11 is 1.54. The van der Waals surface area contributed by atoms with Gasteiger partial charge in [-0.1, -0.05) is 10.4 Å². The topological polar surface area (TPSA) is 145 Å². The molecule has 0 unspecified atom stereocenters. The molecule has 2 aliphatic carbocycles. The van der Waals surface area contributed by atoms with Gasteiger partial charge in [-0.25, -0.2) is 9.67 Å². The highest BCUT2D eigenvalue weighted by Crippen LogP contribution is 2.55. The number of rotatable bonds is 5. The van der Waals surface area contributed by atoms with Crippen molar-refractivity contribution in [1.82, 2.24) is 35.0 Å². The molecule has 0 amide bonds. The molecule has 2 N–H and O–H groups in total. The lowest BCUT2D eigenvalue weighted by atomic mass is 9.63. The average Bonchev–Trinajstić information content (AvgIpc) is 3.75. The second-order valence-corrected chi connectivity index (χ2v) is 12.7. The van der Waals surface area contributed by atoms with Crippen molar-refractivity contribution in [2.45, 2.75) is 82.8 Å².